The lowest BCUT2D eigenvalue weighted by atomic mass is 9.94. The number of amides is 2. The SMILES string of the molecule is CN(C)C(=O)N(C)CCC1CCNCC1. The fourth-order valence-corrected chi connectivity index (χ4v) is 1.98. The van der Waals surface area contributed by atoms with Crippen molar-refractivity contribution >= 4 is 6.03 Å². The maximum absolute atomic E-state index is 11.6. The van der Waals surface area contributed by atoms with Crippen molar-refractivity contribution in [2.75, 3.05) is 40.8 Å². The molecule has 1 aliphatic rings. The number of piperidine rings is 1. The standard InChI is InChI=1S/C11H23N3O/c1-13(2)11(15)14(3)9-6-10-4-7-12-8-5-10/h10,12H,4-9H2,1-3H3. The molecule has 1 rings (SSSR count). The molecule has 1 saturated heterocycles. The molecule has 0 bridgehead atoms. The maximum Gasteiger partial charge on any atom is 0.319 e. The van der Waals surface area contributed by atoms with E-state index in [4.69, 9.17) is 0 Å². The molecule has 0 radical (unpaired) electrons. The van der Waals surface area contributed by atoms with Gasteiger partial charge in [0.2, 0.25) is 0 Å². The third kappa shape index (κ3) is 4.08. The van der Waals surface area contributed by atoms with Crippen LogP contribution in [0, 0.1) is 5.92 Å². The maximum atomic E-state index is 11.6. The molecule has 0 aromatic carbocycles. The fraction of sp³-hybridized carbons (Fsp3) is 0.909. The van der Waals surface area contributed by atoms with E-state index in [2.05, 4.69) is 5.32 Å². The molecule has 0 aromatic heterocycles. The predicted molar refractivity (Wildman–Crippen MR) is 61.9 cm³/mol. The second-order valence-corrected chi connectivity index (χ2v) is 4.58. The summed E-state index contributed by atoms with van der Waals surface area (Å²) in [4.78, 5) is 15.0. The number of hydrogen-bond acceptors (Lipinski definition) is 2. The number of carbonyl (C=O) groups excluding carboxylic acids is 1. The zero-order chi connectivity index (χ0) is 11.3. The predicted octanol–water partition coefficient (Wildman–Crippen LogP) is 0.990. The van der Waals surface area contributed by atoms with Crippen molar-refractivity contribution in [2.45, 2.75) is 19.3 Å². The number of urea groups is 1. The molecular formula is C11H23N3O. The minimum atomic E-state index is 0.101. The van der Waals surface area contributed by atoms with Crippen LogP contribution in [0.15, 0.2) is 0 Å². The third-order valence-corrected chi connectivity index (χ3v) is 3.04. The van der Waals surface area contributed by atoms with Gasteiger partial charge in [-0.3, -0.25) is 0 Å². The van der Waals surface area contributed by atoms with Crippen molar-refractivity contribution in [3.63, 3.8) is 0 Å². The topological polar surface area (TPSA) is 35.6 Å². The van der Waals surface area contributed by atoms with Gasteiger partial charge in [-0.05, 0) is 38.3 Å². The summed E-state index contributed by atoms with van der Waals surface area (Å²) in [6.45, 7) is 3.15. The summed E-state index contributed by atoms with van der Waals surface area (Å²) in [6.07, 6.45) is 3.64. The van der Waals surface area contributed by atoms with Crippen LogP contribution in [0.4, 0.5) is 4.79 Å². The Kier molecular flexibility index (Phi) is 4.88. The van der Waals surface area contributed by atoms with Gasteiger partial charge >= 0.3 is 6.03 Å². The van der Waals surface area contributed by atoms with E-state index in [0.29, 0.717) is 0 Å². The van der Waals surface area contributed by atoms with E-state index in [9.17, 15) is 4.79 Å². The first-order valence-electron chi connectivity index (χ1n) is 5.74. The summed E-state index contributed by atoms with van der Waals surface area (Å²) in [6, 6.07) is 0.101. The molecule has 0 saturated carbocycles. The van der Waals surface area contributed by atoms with Gasteiger partial charge in [-0.1, -0.05) is 0 Å². The normalized spacial score (nSPS) is 17.5. The van der Waals surface area contributed by atoms with Crippen molar-refractivity contribution in [3.05, 3.63) is 0 Å². The quantitative estimate of drug-likeness (QED) is 0.759. The molecule has 1 aliphatic heterocycles. The van der Waals surface area contributed by atoms with Crippen molar-refractivity contribution in [1.82, 2.24) is 15.1 Å². The highest BCUT2D eigenvalue weighted by Gasteiger charge is 2.16. The first-order chi connectivity index (χ1) is 7.11. The second-order valence-electron chi connectivity index (χ2n) is 4.58. The Labute approximate surface area is 92.6 Å². The van der Waals surface area contributed by atoms with Gasteiger partial charge in [-0.15, -0.1) is 0 Å². The van der Waals surface area contributed by atoms with E-state index in [1.807, 2.05) is 11.9 Å². The zero-order valence-electron chi connectivity index (χ0n) is 10.1. The summed E-state index contributed by atoms with van der Waals surface area (Å²) < 4.78 is 0. The number of nitrogens with one attached hydrogen (secondary N) is 1. The fourth-order valence-electron chi connectivity index (χ4n) is 1.98. The van der Waals surface area contributed by atoms with Crippen LogP contribution in [-0.2, 0) is 0 Å². The molecule has 1 heterocycles. The van der Waals surface area contributed by atoms with Crippen molar-refractivity contribution in [2.24, 2.45) is 5.92 Å². The Morgan fingerprint density at radius 2 is 1.87 bits per heavy atom. The average molecular weight is 213 g/mol. The van der Waals surface area contributed by atoms with Gasteiger partial charge in [-0.2, -0.15) is 0 Å². The van der Waals surface area contributed by atoms with E-state index < -0.39 is 0 Å². The summed E-state index contributed by atoms with van der Waals surface area (Å²) in [5.41, 5.74) is 0. The van der Waals surface area contributed by atoms with E-state index in [1.165, 1.54) is 12.8 Å². The molecule has 15 heavy (non-hydrogen) atoms. The summed E-state index contributed by atoms with van der Waals surface area (Å²) >= 11 is 0. The van der Waals surface area contributed by atoms with Gasteiger partial charge in [0.1, 0.15) is 0 Å². The highest BCUT2D eigenvalue weighted by molar-refractivity contribution is 5.73. The van der Waals surface area contributed by atoms with Crippen molar-refractivity contribution in [3.8, 4) is 0 Å². The van der Waals surface area contributed by atoms with E-state index >= 15 is 0 Å². The van der Waals surface area contributed by atoms with Crippen LogP contribution in [0.5, 0.6) is 0 Å². The number of rotatable bonds is 3. The van der Waals surface area contributed by atoms with Crippen LogP contribution in [0.2, 0.25) is 0 Å². The lowest BCUT2D eigenvalue weighted by molar-refractivity contribution is 0.177. The first-order valence-corrected chi connectivity index (χ1v) is 5.74. The Morgan fingerprint density at radius 3 is 2.40 bits per heavy atom. The summed E-state index contributed by atoms with van der Waals surface area (Å²) in [5.74, 6) is 0.795. The zero-order valence-corrected chi connectivity index (χ0v) is 10.1. The molecule has 4 heteroatoms. The molecule has 0 aliphatic carbocycles. The number of nitrogens with zero attached hydrogens (tertiary/aromatic N) is 2. The van der Waals surface area contributed by atoms with Gasteiger partial charge < -0.3 is 15.1 Å². The summed E-state index contributed by atoms with van der Waals surface area (Å²) in [5, 5.41) is 3.35. The molecule has 1 fully saturated rings. The molecule has 88 valence electrons. The highest BCUT2D eigenvalue weighted by atomic mass is 16.2. The van der Waals surface area contributed by atoms with Crippen LogP contribution < -0.4 is 5.32 Å². The average Bonchev–Trinajstić information content (AvgIpc) is 2.26. The van der Waals surface area contributed by atoms with Crippen LogP contribution in [-0.4, -0.2) is 56.6 Å². The Bertz CT molecular complexity index is 200. The smallest absolute Gasteiger partial charge is 0.319 e. The molecule has 0 spiro atoms. The van der Waals surface area contributed by atoms with E-state index in [-0.39, 0.29) is 6.03 Å². The lowest BCUT2D eigenvalue weighted by Gasteiger charge is -2.26. The molecule has 2 amide bonds. The largest absolute Gasteiger partial charge is 0.331 e. The minimum Gasteiger partial charge on any atom is -0.331 e. The molecule has 0 unspecified atom stereocenters. The van der Waals surface area contributed by atoms with Crippen LogP contribution >= 0.6 is 0 Å². The second kappa shape index (κ2) is 5.95. The molecule has 0 aromatic rings. The number of hydrogen-bond donors (Lipinski definition) is 1. The van der Waals surface area contributed by atoms with Gasteiger partial charge in [0, 0.05) is 27.7 Å². The van der Waals surface area contributed by atoms with Crippen molar-refractivity contribution < 1.29 is 4.79 Å². The first kappa shape index (κ1) is 12.3. The summed E-state index contributed by atoms with van der Waals surface area (Å²) in [7, 11) is 5.47. The monoisotopic (exact) mass is 213 g/mol. The van der Waals surface area contributed by atoms with Crippen molar-refractivity contribution in [1.29, 1.82) is 0 Å². The third-order valence-electron chi connectivity index (χ3n) is 3.04. The van der Waals surface area contributed by atoms with Gasteiger partial charge in [0.15, 0.2) is 0 Å². The van der Waals surface area contributed by atoms with Gasteiger partial charge in [0.05, 0.1) is 0 Å². The Morgan fingerprint density at radius 1 is 1.27 bits per heavy atom. The van der Waals surface area contributed by atoms with Gasteiger partial charge in [0.25, 0.3) is 0 Å². The van der Waals surface area contributed by atoms with Crippen LogP contribution in [0.3, 0.4) is 0 Å². The molecule has 0 atom stereocenters. The molecule has 4 nitrogen and oxygen atoms in total. The van der Waals surface area contributed by atoms with E-state index in [0.717, 1.165) is 32.0 Å². The lowest BCUT2D eigenvalue weighted by Crippen LogP contribution is -2.38. The number of carbonyl (C=O) groups is 1. The molecular weight excluding hydrogens is 190 g/mol. The van der Waals surface area contributed by atoms with Gasteiger partial charge in [-0.25, -0.2) is 4.79 Å². The minimum absolute atomic E-state index is 0.101. The Hall–Kier alpha value is -0.770. The van der Waals surface area contributed by atoms with Crippen LogP contribution in [0.25, 0.3) is 0 Å². The highest BCUT2D eigenvalue weighted by Crippen LogP contribution is 2.16. The molecule has 1 N–H and O–H groups in total. The van der Waals surface area contributed by atoms with Crippen LogP contribution in [0.1, 0.15) is 19.3 Å². The van der Waals surface area contributed by atoms with E-state index in [1.54, 1.807) is 19.0 Å². The Balaban J connectivity index is 2.20.